The van der Waals surface area contributed by atoms with Gasteiger partial charge in [-0.15, -0.1) is 24.0 Å². The van der Waals surface area contributed by atoms with Crippen LogP contribution in [0.25, 0.3) is 0 Å². The molecule has 0 bridgehead atoms. The number of rotatable bonds is 6. The molecule has 0 amide bonds. The molecule has 1 N–H and O–H groups in total. The number of halogens is 1. The largest absolute Gasteiger partial charge is 0.378 e. The summed E-state index contributed by atoms with van der Waals surface area (Å²) in [4.78, 5) is 9.47. The minimum absolute atomic E-state index is 0. The summed E-state index contributed by atoms with van der Waals surface area (Å²) in [5.74, 6) is 1.07. The number of aliphatic imine (C=N–C) groups is 1. The highest BCUT2D eigenvalue weighted by molar-refractivity contribution is 14.0. The molecule has 0 saturated carbocycles. The Hall–Kier alpha value is -0.0800. The molecule has 0 atom stereocenters. The zero-order chi connectivity index (χ0) is 16.3. The molecule has 2 aliphatic heterocycles. The maximum absolute atomic E-state index is 5.73. The van der Waals surface area contributed by atoms with Gasteiger partial charge in [0.1, 0.15) is 0 Å². The highest BCUT2D eigenvalue weighted by Crippen LogP contribution is 2.13. The summed E-state index contributed by atoms with van der Waals surface area (Å²) in [5.41, 5.74) is 0. The van der Waals surface area contributed by atoms with Gasteiger partial charge in [-0.25, -0.2) is 0 Å². The van der Waals surface area contributed by atoms with Gasteiger partial charge in [0.25, 0.3) is 0 Å². The number of ether oxygens (including phenoxy) is 1. The second-order valence-electron chi connectivity index (χ2n) is 6.73. The Morgan fingerprint density at radius 2 is 1.75 bits per heavy atom. The van der Waals surface area contributed by atoms with Crippen LogP contribution in [0.2, 0.25) is 0 Å². The van der Waals surface area contributed by atoms with Crippen LogP contribution in [0.1, 0.15) is 51.9 Å². The number of hydrogen-bond acceptors (Lipinski definition) is 3. The quantitative estimate of drug-likeness (QED) is 0.291. The molecular weight excluding hydrogens is 415 g/mol. The van der Waals surface area contributed by atoms with E-state index in [1.165, 1.54) is 51.7 Å². The van der Waals surface area contributed by atoms with Crippen molar-refractivity contribution in [2.45, 2.75) is 58.0 Å². The zero-order valence-corrected chi connectivity index (χ0v) is 18.0. The first-order valence-electron chi connectivity index (χ1n) is 9.63. The number of likely N-dealkylation sites (tertiary alicyclic amines) is 2. The SMILES string of the molecule is CCOC1CCN(C(=NC)NCCCN2CCCCCC2)CC1.I. The lowest BCUT2D eigenvalue weighted by Crippen LogP contribution is -2.47. The number of piperidine rings is 1. The summed E-state index contributed by atoms with van der Waals surface area (Å²) in [6.07, 6.45) is 9.46. The van der Waals surface area contributed by atoms with Crippen LogP contribution in [0, 0.1) is 0 Å². The Bertz CT molecular complexity index is 338. The van der Waals surface area contributed by atoms with Crippen LogP contribution < -0.4 is 5.32 Å². The molecule has 2 heterocycles. The van der Waals surface area contributed by atoms with Crippen LogP contribution in [0.3, 0.4) is 0 Å². The summed E-state index contributed by atoms with van der Waals surface area (Å²) in [6, 6.07) is 0. The molecule has 0 spiro atoms. The summed E-state index contributed by atoms with van der Waals surface area (Å²) in [5, 5.41) is 3.55. The standard InChI is InChI=1S/C18H36N4O.HI/c1-3-23-17-9-15-22(16-10-17)18(19-2)20-11-8-14-21-12-6-4-5-7-13-21;/h17H,3-16H2,1-2H3,(H,19,20);1H. The number of nitrogens with zero attached hydrogens (tertiary/aromatic N) is 3. The van der Waals surface area contributed by atoms with Gasteiger partial charge in [-0.2, -0.15) is 0 Å². The zero-order valence-electron chi connectivity index (χ0n) is 15.6. The molecule has 0 unspecified atom stereocenters. The van der Waals surface area contributed by atoms with Crippen LogP contribution in [-0.2, 0) is 4.74 Å². The van der Waals surface area contributed by atoms with Crippen molar-refractivity contribution in [1.29, 1.82) is 0 Å². The van der Waals surface area contributed by atoms with Crippen LogP contribution in [-0.4, -0.2) is 74.8 Å². The lowest BCUT2D eigenvalue weighted by atomic mass is 10.1. The van der Waals surface area contributed by atoms with Gasteiger partial charge in [0.15, 0.2) is 5.96 Å². The maximum Gasteiger partial charge on any atom is 0.193 e. The monoisotopic (exact) mass is 452 g/mol. The van der Waals surface area contributed by atoms with Crippen molar-refractivity contribution >= 4 is 29.9 Å². The lowest BCUT2D eigenvalue weighted by Gasteiger charge is -2.34. The van der Waals surface area contributed by atoms with Gasteiger partial charge in [0.2, 0.25) is 0 Å². The third-order valence-electron chi connectivity index (χ3n) is 4.99. The van der Waals surface area contributed by atoms with Crippen molar-refractivity contribution in [3.05, 3.63) is 0 Å². The fourth-order valence-electron chi connectivity index (χ4n) is 3.66. The molecule has 5 nitrogen and oxygen atoms in total. The minimum atomic E-state index is 0. The van der Waals surface area contributed by atoms with E-state index in [0.717, 1.165) is 45.0 Å². The molecule has 2 fully saturated rings. The Morgan fingerprint density at radius 3 is 2.33 bits per heavy atom. The third kappa shape index (κ3) is 7.87. The van der Waals surface area contributed by atoms with Crippen LogP contribution in [0.4, 0.5) is 0 Å². The molecule has 24 heavy (non-hydrogen) atoms. The minimum Gasteiger partial charge on any atom is -0.378 e. The molecule has 0 aromatic carbocycles. The topological polar surface area (TPSA) is 40.1 Å². The van der Waals surface area contributed by atoms with Gasteiger partial charge in [0.05, 0.1) is 6.10 Å². The molecule has 2 saturated heterocycles. The van der Waals surface area contributed by atoms with Crippen molar-refractivity contribution in [1.82, 2.24) is 15.1 Å². The average molecular weight is 452 g/mol. The van der Waals surface area contributed by atoms with E-state index in [-0.39, 0.29) is 24.0 Å². The van der Waals surface area contributed by atoms with Gasteiger partial charge in [-0.3, -0.25) is 4.99 Å². The molecule has 6 heteroatoms. The predicted molar refractivity (Wildman–Crippen MR) is 113 cm³/mol. The summed E-state index contributed by atoms with van der Waals surface area (Å²) in [6.45, 7) is 9.84. The van der Waals surface area contributed by atoms with E-state index in [1.54, 1.807) is 0 Å². The lowest BCUT2D eigenvalue weighted by molar-refractivity contribution is 0.0264. The second kappa shape index (κ2) is 13.2. The predicted octanol–water partition coefficient (Wildman–Crippen LogP) is 2.95. The van der Waals surface area contributed by atoms with Gasteiger partial charge in [-0.05, 0) is 58.7 Å². The van der Waals surface area contributed by atoms with E-state index in [4.69, 9.17) is 4.74 Å². The fourth-order valence-corrected chi connectivity index (χ4v) is 3.66. The first-order chi connectivity index (χ1) is 11.3. The van der Waals surface area contributed by atoms with E-state index in [2.05, 4.69) is 27.0 Å². The van der Waals surface area contributed by atoms with E-state index in [9.17, 15) is 0 Å². The molecule has 2 rings (SSSR count). The second-order valence-corrected chi connectivity index (χ2v) is 6.73. The number of hydrogen-bond donors (Lipinski definition) is 1. The van der Waals surface area contributed by atoms with Crippen molar-refractivity contribution in [2.24, 2.45) is 4.99 Å². The molecular formula is C18H37IN4O. The number of nitrogens with one attached hydrogen (secondary N) is 1. The van der Waals surface area contributed by atoms with Gasteiger partial charge < -0.3 is 19.9 Å². The van der Waals surface area contributed by atoms with Crippen molar-refractivity contribution < 1.29 is 4.74 Å². The molecule has 0 aliphatic carbocycles. The summed E-state index contributed by atoms with van der Waals surface area (Å²) >= 11 is 0. The Morgan fingerprint density at radius 1 is 1.08 bits per heavy atom. The van der Waals surface area contributed by atoms with E-state index in [0.29, 0.717) is 6.10 Å². The average Bonchev–Trinajstić information content (AvgIpc) is 2.85. The molecule has 0 aromatic rings. The Labute approximate surface area is 165 Å². The van der Waals surface area contributed by atoms with E-state index < -0.39 is 0 Å². The van der Waals surface area contributed by atoms with E-state index >= 15 is 0 Å². The fraction of sp³-hybridized carbons (Fsp3) is 0.944. The van der Waals surface area contributed by atoms with Gasteiger partial charge >= 0.3 is 0 Å². The normalized spacial score (nSPS) is 21.2. The highest BCUT2D eigenvalue weighted by atomic mass is 127. The van der Waals surface area contributed by atoms with Crippen LogP contribution in [0.15, 0.2) is 4.99 Å². The first kappa shape index (κ1) is 22.0. The summed E-state index contributed by atoms with van der Waals surface area (Å²) < 4.78 is 5.73. The smallest absolute Gasteiger partial charge is 0.193 e. The molecule has 0 radical (unpaired) electrons. The number of guanidine groups is 1. The van der Waals surface area contributed by atoms with Crippen molar-refractivity contribution in [2.75, 3.05) is 52.9 Å². The van der Waals surface area contributed by atoms with Crippen molar-refractivity contribution in [3.8, 4) is 0 Å². The Kier molecular flexibility index (Phi) is 12.0. The van der Waals surface area contributed by atoms with E-state index in [1.807, 2.05) is 7.05 Å². The third-order valence-corrected chi connectivity index (χ3v) is 4.99. The highest BCUT2D eigenvalue weighted by Gasteiger charge is 2.21. The molecule has 2 aliphatic rings. The molecule has 142 valence electrons. The van der Waals surface area contributed by atoms with Crippen LogP contribution >= 0.6 is 24.0 Å². The Balaban J connectivity index is 0.00000288. The molecule has 0 aromatic heterocycles. The van der Waals surface area contributed by atoms with Crippen molar-refractivity contribution in [3.63, 3.8) is 0 Å². The van der Waals surface area contributed by atoms with Crippen LogP contribution in [0.5, 0.6) is 0 Å². The first-order valence-corrected chi connectivity index (χ1v) is 9.63. The van der Waals surface area contributed by atoms with Gasteiger partial charge in [0, 0.05) is 33.3 Å². The summed E-state index contributed by atoms with van der Waals surface area (Å²) in [7, 11) is 1.89. The van der Waals surface area contributed by atoms with Gasteiger partial charge in [-0.1, -0.05) is 12.8 Å². The maximum atomic E-state index is 5.73.